The summed E-state index contributed by atoms with van der Waals surface area (Å²) in [5.74, 6) is 0.0618. The van der Waals surface area contributed by atoms with Crippen LogP contribution in [0.4, 0.5) is 5.69 Å². The van der Waals surface area contributed by atoms with Crippen molar-refractivity contribution >= 4 is 33.7 Å². The Balaban J connectivity index is 1.25. The molecule has 32 heavy (non-hydrogen) atoms. The Morgan fingerprint density at radius 2 is 1.81 bits per heavy atom. The van der Waals surface area contributed by atoms with Crippen LogP contribution in [0.2, 0.25) is 0 Å². The van der Waals surface area contributed by atoms with E-state index in [0.717, 1.165) is 10.9 Å². The third kappa shape index (κ3) is 3.93. The standard InChI is InChI=1S/C24H18N4O4/c29-20(27-17-10-11-21(25-12-17)31-14-16-6-2-1-3-7-16)13-28-15-26-22-18-8-4-5-9-19(18)32-23(22)24(28)30/h1-12,15H,13-14H2,(H,27,29). The predicted octanol–water partition coefficient (Wildman–Crippen LogP) is 3.76. The van der Waals surface area contributed by atoms with E-state index in [1.807, 2.05) is 48.5 Å². The van der Waals surface area contributed by atoms with Gasteiger partial charge in [0.1, 0.15) is 24.3 Å². The lowest BCUT2D eigenvalue weighted by molar-refractivity contribution is -0.116. The zero-order valence-electron chi connectivity index (χ0n) is 16.9. The normalized spacial score (nSPS) is 11.0. The van der Waals surface area contributed by atoms with Crippen LogP contribution in [0.5, 0.6) is 5.88 Å². The minimum Gasteiger partial charge on any atom is -0.473 e. The highest BCUT2D eigenvalue weighted by atomic mass is 16.5. The summed E-state index contributed by atoms with van der Waals surface area (Å²) in [6.07, 6.45) is 2.85. The third-order valence-corrected chi connectivity index (χ3v) is 4.91. The molecule has 0 radical (unpaired) electrons. The summed E-state index contributed by atoms with van der Waals surface area (Å²) in [6.45, 7) is 0.199. The van der Waals surface area contributed by atoms with Gasteiger partial charge in [-0.25, -0.2) is 9.97 Å². The number of carbonyl (C=O) groups excluding carboxylic acids is 1. The quantitative estimate of drug-likeness (QED) is 0.444. The fraction of sp³-hybridized carbons (Fsp3) is 0.0833. The Hall–Kier alpha value is -4.46. The molecule has 5 rings (SSSR count). The Bertz CT molecular complexity index is 1460. The minimum atomic E-state index is -0.413. The second-order valence-electron chi connectivity index (χ2n) is 7.16. The maximum atomic E-state index is 12.7. The van der Waals surface area contributed by atoms with Gasteiger partial charge in [0, 0.05) is 11.5 Å². The summed E-state index contributed by atoms with van der Waals surface area (Å²) in [5, 5.41) is 3.48. The van der Waals surface area contributed by atoms with Crippen LogP contribution in [0, 0.1) is 0 Å². The van der Waals surface area contributed by atoms with Gasteiger partial charge in [0.15, 0.2) is 0 Å². The number of para-hydroxylation sites is 1. The molecule has 3 heterocycles. The van der Waals surface area contributed by atoms with Gasteiger partial charge in [-0.3, -0.25) is 14.2 Å². The van der Waals surface area contributed by atoms with E-state index in [4.69, 9.17) is 9.15 Å². The van der Waals surface area contributed by atoms with Crippen LogP contribution < -0.4 is 15.6 Å². The molecule has 3 aromatic heterocycles. The van der Waals surface area contributed by atoms with Crippen LogP contribution >= 0.6 is 0 Å². The van der Waals surface area contributed by atoms with E-state index < -0.39 is 5.56 Å². The third-order valence-electron chi connectivity index (χ3n) is 4.91. The molecule has 0 saturated heterocycles. The van der Waals surface area contributed by atoms with E-state index in [-0.39, 0.29) is 18.0 Å². The van der Waals surface area contributed by atoms with Crippen LogP contribution in [-0.2, 0) is 17.9 Å². The number of nitrogens with one attached hydrogen (secondary N) is 1. The largest absolute Gasteiger partial charge is 0.473 e. The van der Waals surface area contributed by atoms with Crippen molar-refractivity contribution in [2.45, 2.75) is 13.2 Å². The van der Waals surface area contributed by atoms with Crippen molar-refractivity contribution in [1.82, 2.24) is 14.5 Å². The molecule has 0 fully saturated rings. The number of fused-ring (bicyclic) bond motifs is 3. The number of hydrogen-bond donors (Lipinski definition) is 1. The summed E-state index contributed by atoms with van der Waals surface area (Å²) >= 11 is 0. The highest BCUT2D eigenvalue weighted by Gasteiger charge is 2.14. The number of benzene rings is 2. The average molecular weight is 426 g/mol. The van der Waals surface area contributed by atoms with Gasteiger partial charge in [-0.05, 0) is 23.8 Å². The Kier molecular flexibility index (Phi) is 5.09. The highest BCUT2D eigenvalue weighted by Crippen LogP contribution is 2.24. The number of ether oxygens (including phenoxy) is 1. The van der Waals surface area contributed by atoms with E-state index in [0.29, 0.717) is 29.3 Å². The molecule has 0 bridgehead atoms. The van der Waals surface area contributed by atoms with Crippen LogP contribution in [0.3, 0.4) is 0 Å². The smallest absolute Gasteiger partial charge is 0.297 e. The molecule has 0 spiro atoms. The molecule has 0 aliphatic carbocycles. The van der Waals surface area contributed by atoms with Crippen molar-refractivity contribution in [2.75, 3.05) is 5.32 Å². The summed E-state index contributed by atoms with van der Waals surface area (Å²) < 4.78 is 12.5. The summed E-state index contributed by atoms with van der Waals surface area (Å²) in [4.78, 5) is 33.7. The van der Waals surface area contributed by atoms with Gasteiger partial charge < -0.3 is 14.5 Å². The highest BCUT2D eigenvalue weighted by molar-refractivity contribution is 6.01. The first-order valence-electron chi connectivity index (χ1n) is 9.97. The monoisotopic (exact) mass is 426 g/mol. The zero-order chi connectivity index (χ0) is 21.9. The van der Waals surface area contributed by atoms with Gasteiger partial charge in [-0.15, -0.1) is 0 Å². The Morgan fingerprint density at radius 1 is 1.00 bits per heavy atom. The van der Waals surface area contributed by atoms with Gasteiger partial charge in [-0.1, -0.05) is 42.5 Å². The van der Waals surface area contributed by atoms with E-state index in [1.54, 1.807) is 18.2 Å². The molecule has 1 amide bonds. The zero-order valence-corrected chi connectivity index (χ0v) is 16.9. The van der Waals surface area contributed by atoms with Gasteiger partial charge >= 0.3 is 0 Å². The molecular weight excluding hydrogens is 408 g/mol. The number of nitrogens with zero attached hydrogens (tertiary/aromatic N) is 3. The van der Waals surface area contributed by atoms with E-state index in [2.05, 4.69) is 15.3 Å². The number of pyridine rings is 1. The summed E-state index contributed by atoms with van der Waals surface area (Å²) in [7, 11) is 0. The van der Waals surface area contributed by atoms with Gasteiger partial charge in [0.05, 0.1) is 18.2 Å². The number of hydrogen-bond acceptors (Lipinski definition) is 6. The molecule has 5 aromatic rings. The molecule has 0 saturated carbocycles. The van der Waals surface area contributed by atoms with Crippen molar-refractivity contribution in [3.63, 3.8) is 0 Å². The number of furan rings is 1. The van der Waals surface area contributed by atoms with Crippen molar-refractivity contribution in [1.29, 1.82) is 0 Å². The Labute approximate surface area is 182 Å². The first kappa shape index (κ1) is 19.5. The molecule has 8 nitrogen and oxygen atoms in total. The lowest BCUT2D eigenvalue weighted by Gasteiger charge is -2.08. The van der Waals surface area contributed by atoms with E-state index in [9.17, 15) is 9.59 Å². The fourth-order valence-electron chi connectivity index (χ4n) is 3.35. The lowest BCUT2D eigenvalue weighted by Crippen LogP contribution is -2.27. The fourth-order valence-corrected chi connectivity index (χ4v) is 3.35. The number of amides is 1. The first-order valence-corrected chi connectivity index (χ1v) is 9.97. The van der Waals surface area contributed by atoms with Crippen LogP contribution in [0.15, 0.2) is 88.5 Å². The molecule has 1 N–H and O–H groups in total. The molecular formula is C24H18N4O4. The van der Waals surface area contributed by atoms with Gasteiger partial charge in [-0.2, -0.15) is 0 Å². The number of carbonyl (C=O) groups is 1. The maximum Gasteiger partial charge on any atom is 0.297 e. The molecule has 2 aromatic carbocycles. The van der Waals surface area contributed by atoms with Crippen LogP contribution in [0.25, 0.3) is 22.1 Å². The first-order chi connectivity index (χ1) is 15.7. The van der Waals surface area contributed by atoms with Gasteiger partial charge in [0.2, 0.25) is 17.4 Å². The second-order valence-corrected chi connectivity index (χ2v) is 7.16. The molecule has 0 aliphatic rings. The van der Waals surface area contributed by atoms with Crippen LogP contribution in [-0.4, -0.2) is 20.4 Å². The molecule has 0 aliphatic heterocycles. The van der Waals surface area contributed by atoms with Gasteiger partial charge in [0.25, 0.3) is 5.56 Å². The van der Waals surface area contributed by atoms with Crippen molar-refractivity contribution in [3.05, 3.63) is 95.2 Å². The Morgan fingerprint density at radius 3 is 2.62 bits per heavy atom. The van der Waals surface area contributed by atoms with Crippen molar-refractivity contribution in [2.24, 2.45) is 0 Å². The molecule has 8 heteroatoms. The van der Waals surface area contributed by atoms with E-state index in [1.165, 1.54) is 17.1 Å². The van der Waals surface area contributed by atoms with Crippen LogP contribution in [0.1, 0.15) is 5.56 Å². The second kappa shape index (κ2) is 8.35. The number of aromatic nitrogens is 3. The predicted molar refractivity (Wildman–Crippen MR) is 119 cm³/mol. The summed E-state index contributed by atoms with van der Waals surface area (Å²) in [6, 6.07) is 20.4. The average Bonchev–Trinajstić information content (AvgIpc) is 3.21. The molecule has 158 valence electrons. The number of rotatable bonds is 6. The van der Waals surface area contributed by atoms with Crippen molar-refractivity contribution in [3.8, 4) is 5.88 Å². The summed E-state index contributed by atoms with van der Waals surface area (Å²) in [5.41, 5.74) is 2.31. The number of anilines is 1. The SMILES string of the molecule is O=C(Cn1cnc2c(oc3ccccc32)c1=O)Nc1ccc(OCc2ccccc2)nc1. The van der Waals surface area contributed by atoms with E-state index >= 15 is 0 Å². The van der Waals surface area contributed by atoms with Crippen molar-refractivity contribution < 1.29 is 13.9 Å². The minimum absolute atomic E-state index is 0.128. The lowest BCUT2D eigenvalue weighted by atomic mass is 10.2. The molecule has 0 atom stereocenters. The maximum absolute atomic E-state index is 12.7. The molecule has 0 unspecified atom stereocenters. The topological polar surface area (TPSA) is 99.2 Å².